The molecule has 160 valence electrons. The molecule has 0 atom stereocenters. The fourth-order valence-electron chi connectivity index (χ4n) is 3.65. The van der Waals surface area contributed by atoms with Crippen LogP contribution in [0.25, 0.3) is 10.6 Å². The molecule has 2 aromatic carbocycles. The van der Waals surface area contributed by atoms with Crippen LogP contribution in [0.2, 0.25) is 0 Å². The van der Waals surface area contributed by atoms with Crippen LogP contribution in [0.15, 0.2) is 47.8 Å². The number of rotatable bonds is 6. The summed E-state index contributed by atoms with van der Waals surface area (Å²) >= 11 is 1.42. The molecular formula is C24H25N3O3S. The second-order valence-electron chi connectivity index (χ2n) is 7.43. The first kappa shape index (κ1) is 21.1. The number of aromatic nitrogens is 1. The molecular weight excluding hydrogens is 410 g/mol. The van der Waals surface area contributed by atoms with E-state index in [9.17, 15) is 9.59 Å². The molecule has 0 aliphatic carbocycles. The number of hydrogen-bond acceptors (Lipinski definition) is 5. The number of anilines is 1. The summed E-state index contributed by atoms with van der Waals surface area (Å²) in [6.07, 6.45) is 2.09. The highest BCUT2D eigenvalue weighted by Gasteiger charge is 2.22. The largest absolute Gasteiger partial charge is 0.494 e. The van der Waals surface area contributed by atoms with Gasteiger partial charge < -0.3 is 15.0 Å². The minimum absolute atomic E-state index is 0.0255. The van der Waals surface area contributed by atoms with Crippen LogP contribution in [-0.2, 0) is 0 Å². The Morgan fingerprint density at radius 2 is 1.87 bits per heavy atom. The SMILES string of the molecule is CCOc1ccc(-c2nc(C(=O)Nc3cccc(C(=O)N4CCCC4)c3C)cs2)cc1. The number of carbonyl (C=O) groups excluding carboxylic acids is 2. The molecule has 7 heteroatoms. The van der Waals surface area contributed by atoms with Crippen molar-refractivity contribution in [2.45, 2.75) is 26.7 Å². The van der Waals surface area contributed by atoms with Gasteiger partial charge in [-0.25, -0.2) is 4.98 Å². The fraction of sp³-hybridized carbons (Fsp3) is 0.292. The van der Waals surface area contributed by atoms with Crippen molar-refractivity contribution in [1.82, 2.24) is 9.88 Å². The van der Waals surface area contributed by atoms with Gasteiger partial charge in [0.1, 0.15) is 16.5 Å². The van der Waals surface area contributed by atoms with Crippen molar-refractivity contribution in [2.24, 2.45) is 0 Å². The second kappa shape index (κ2) is 9.31. The van der Waals surface area contributed by atoms with E-state index >= 15 is 0 Å². The van der Waals surface area contributed by atoms with Gasteiger partial charge in [0, 0.05) is 35.3 Å². The van der Waals surface area contributed by atoms with Crippen molar-refractivity contribution >= 4 is 28.8 Å². The summed E-state index contributed by atoms with van der Waals surface area (Å²) < 4.78 is 5.47. The summed E-state index contributed by atoms with van der Waals surface area (Å²) in [4.78, 5) is 32.0. The van der Waals surface area contributed by atoms with Crippen molar-refractivity contribution in [1.29, 1.82) is 0 Å². The maximum Gasteiger partial charge on any atom is 0.275 e. The average molecular weight is 436 g/mol. The number of nitrogens with zero attached hydrogens (tertiary/aromatic N) is 2. The van der Waals surface area contributed by atoms with E-state index in [0.29, 0.717) is 23.6 Å². The van der Waals surface area contributed by atoms with Gasteiger partial charge in [-0.3, -0.25) is 9.59 Å². The third kappa shape index (κ3) is 4.61. The summed E-state index contributed by atoms with van der Waals surface area (Å²) in [6, 6.07) is 13.1. The summed E-state index contributed by atoms with van der Waals surface area (Å²) in [5.74, 6) is 0.541. The Hall–Kier alpha value is -3.19. The fourth-order valence-corrected chi connectivity index (χ4v) is 4.46. The molecule has 1 saturated heterocycles. The van der Waals surface area contributed by atoms with Crippen LogP contribution in [0.4, 0.5) is 5.69 Å². The van der Waals surface area contributed by atoms with E-state index in [1.807, 2.05) is 55.1 Å². The van der Waals surface area contributed by atoms with E-state index < -0.39 is 0 Å². The van der Waals surface area contributed by atoms with E-state index in [0.717, 1.165) is 47.8 Å². The highest BCUT2D eigenvalue weighted by Crippen LogP contribution is 2.27. The molecule has 0 saturated carbocycles. The molecule has 1 N–H and O–H groups in total. The maximum atomic E-state index is 12.8. The molecule has 1 aliphatic heterocycles. The average Bonchev–Trinajstić information content (AvgIpc) is 3.48. The summed E-state index contributed by atoms with van der Waals surface area (Å²) in [6.45, 7) is 6.01. The van der Waals surface area contributed by atoms with E-state index in [2.05, 4.69) is 10.3 Å². The monoisotopic (exact) mass is 435 g/mol. The minimum Gasteiger partial charge on any atom is -0.494 e. The van der Waals surface area contributed by atoms with Gasteiger partial charge in [0.2, 0.25) is 0 Å². The molecule has 6 nitrogen and oxygen atoms in total. The Morgan fingerprint density at radius 3 is 2.58 bits per heavy atom. The molecule has 2 amide bonds. The Labute approximate surface area is 185 Å². The number of likely N-dealkylation sites (tertiary alicyclic amines) is 1. The molecule has 1 fully saturated rings. The van der Waals surface area contributed by atoms with Gasteiger partial charge in [0.05, 0.1) is 6.61 Å². The Balaban J connectivity index is 1.49. The predicted octanol–water partition coefficient (Wildman–Crippen LogP) is 5.01. The van der Waals surface area contributed by atoms with Gasteiger partial charge in [-0.1, -0.05) is 6.07 Å². The van der Waals surface area contributed by atoms with Crippen LogP contribution in [0.5, 0.6) is 5.75 Å². The summed E-state index contributed by atoms with van der Waals surface area (Å²) in [5, 5.41) is 5.43. The van der Waals surface area contributed by atoms with Gasteiger partial charge in [-0.15, -0.1) is 11.3 Å². The van der Waals surface area contributed by atoms with Crippen LogP contribution >= 0.6 is 11.3 Å². The zero-order chi connectivity index (χ0) is 21.8. The van der Waals surface area contributed by atoms with Crippen LogP contribution in [0.1, 0.15) is 46.2 Å². The number of carbonyl (C=O) groups is 2. The number of ether oxygens (including phenoxy) is 1. The zero-order valence-electron chi connectivity index (χ0n) is 17.7. The summed E-state index contributed by atoms with van der Waals surface area (Å²) in [5.41, 5.74) is 3.32. The second-order valence-corrected chi connectivity index (χ2v) is 8.28. The van der Waals surface area contributed by atoms with Crippen molar-refractivity contribution in [3.63, 3.8) is 0 Å². The number of amides is 2. The number of nitrogens with one attached hydrogen (secondary N) is 1. The van der Waals surface area contributed by atoms with E-state index in [4.69, 9.17) is 4.74 Å². The lowest BCUT2D eigenvalue weighted by Crippen LogP contribution is -2.28. The molecule has 0 unspecified atom stereocenters. The van der Waals surface area contributed by atoms with Gasteiger partial charge in [-0.2, -0.15) is 0 Å². The highest BCUT2D eigenvalue weighted by molar-refractivity contribution is 7.13. The first-order valence-electron chi connectivity index (χ1n) is 10.5. The Bertz CT molecular complexity index is 1090. The smallest absolute Gasteiger partial charge is 0.275 e. The van der Waals surface area contributed by atoms with Crippen LogP contribution in [-0.4, -0.2) is 41.4 Å². The molecule has 31 heavy (non-hydrogen) atoms. The number of benzene rings is 2. The summed E-state index contributed by atoms with van der Waals surface area (Å²) in [7, 11) is 0. The van der Waals surface area contributed by atoms with Crippen molar-refractivity contribution < 1.29 is 14.3 Å². The van der Waals surface area contributed by atoms with Crippen LogP contribution in [0, 0.1) is 6.92 Å². The number of thiazole rings is 1. The zero-order valence-corrected chi connectivity index (χ0v) is 18.5. The first-order chi connectivity index (χ1) is 15.1. The lowest BCUT2D eigenvalue weighted by atomic mass is 10.1. The van der Waals surface area contributed by atoms with E-state index in [-0.39, 0.29) is 11.8 Å². The van der Waals surface area contributed by atoms with Crippen molar-refractivity contribution in [3.8, 4) is 16.3 Å². The molecule has 1 aliphatic rings. The molecule has 2 heterocycles. The minimum atomic E-state index is -0.290. The Kier molecular flexibility index (Phi) is 6.32. The normalized spacial score (nSPS) is 13.3. The molecule has 0 radical (unpaired) electrons. The third-order valence-electron chi connectivity index (χ3n) is 5.35. The van der Waals surface area contributed by atoms with Crippen molar-refractivity contribution in [3.05, 3.63) is 64.7 Å². The molecule has 0 bridgehead atoms. The first-order valence-corrected chi connectivity index (χ1v) is 11.3. The van der Waals surface area contributed by atoms with Gasteiger partial charge in [-0.05, 0) is 68.7 Å². The van der Waals surface area contributed by atoms with E-state index in [1.165, 1.54) is 11.3 Å². The van der Waals surface area contributed by atoms with Gasteiger partial charge >= 0.3 is 0 Å². The van der Waals surface area contributed by atoms with Crippen molar-refractivity contribution in [2.75, 3.05) is 25.0 Å². The Morgan fingerprint density at radius 1 is 1.13 bits per heavy atom. The van der Waals surface area contributed by atoms with Crippen LogP contribution < -0.4 is 10.1 Å². The lowest BCUT2D eigenvalue weighted by Gasteiger charge is -2.18. The topological polar surface area (TPSA) is 71.5 Å². The molecule has 4 rings (SSSR count). The number of hydrogen-bond donors (Lipinski definition) is 1. The quantitative estimate of drug-likeness (QED) is 0.591. The van der Waals surface area contributed by atoms with E-state index in [1.54, 1.807) is 11.4 Å². The lowest BCUT2D eigenvalue weighted by molar-refractivity contribution is 0.0791. The molecule has 0 spiro atoms. The maximum absolute atomic E-state index is 12.8. The van der Waals surface area contributed by atoms with Crippen LogP contribution in [0.3, 0.4) is 0 Å². The highest BCUT2D eigenvalue weighted by atomic mass is 32.1. The van der Waals surface area contributed by atoms with Gasteiger partial charge in [0.15, 0.2) is 0 Å². The predicted molar refractivity (Wildman–Crippen MR) is 123 cm³/mol. The molecule has 3 aromatic rings. The standard InChI is InChI=1S/C24H25N3O3S/c1-3-30-18-11-9-17(10-12-18)23-26-21(15-31-23)22(28)25-20-8-6-7-19(16(20)2)24(29)27-13-4-5-14-27/h6-12,15H,3-5,13-14H2,1-2H3,(H,25,28). The van der Waals surface area contributed by atoms with Gasteiger partial charge in [0.25, 0.3) is 11.8 Å². The molecule has 1 aromatic heterocycles. The third-order valence-corrected chi connectivity index (χ3v) is 6.25.